The lowest BCUT2D eigenvalue weighted by Gasteiger charge is -2.21. The molecule has 0 radical (unpaired) electrons. The summed E-state index contributed by atoms with van der Waals surface area (Å²) in [6, 6.07) is 8.19. The van der Waals surface area contributed by atoms with E-state index in [4.69, 9.17) is 16.3 Å². The Hall–Kier alpha value is 0.220. The molecule has 0 N–H and O–H groups in total. The molecule has 0 spiro atoms. The van der Waals surface area contributed by atoms with Crippen LogP contribution in [0.5, 0.6) is 5.75 Å². The zero-order valence-corrected chi connectivity index (χ0v) is 17.9. The van der Waals surface area contributed by atoms with Crippen molar-refractivity contribution in [3.05, 3.63) is 59.6 Å². The lowest BCUT2D eigenvalue weighted by molar-refractivity contribution is 0.406. The lowest BCUT2D eigenvalue weighted by atomic mass is 9.97. The second-order valence-corrected chi connectivity index (χ2v) is 8.12. The average Bonchev–Trinajstić information content (AvgIpc) is 2.44. The van der Waals surface area contributed by atoms with Crippen molar-refractivity contribution in [2.45, 2.75) is 18.7 Å². The maximum Gasteiger partial charge on any atom is 0.126 e. The highest BCUT2D eigenvalue weighted by atomic mass is 127. The minimum atomic E-state index is 0.0261. The zero-order chi connectivity index (χ0) is 15.7. The number of ether oxygens (including phenoxy) is 1. The molecule has 5 heteroatoms. The standard InChI is InChI=1S/C16H14Br2ClIO/c1-8-6-11(17)9(2)14(16(8)21-3)15(18)10-4-5-13(20)12(19)7-10/h4-7,15H,1-3H3. The third-order valence-electron chi connectivity index (χ3n) is 3.40. The monoisotopic (exact) mass is 542 g/mol. The van der Waals surface area contributed by atoms with Gasteiger partial charge in [-0.25, -0.2) is 0 Å². The number of alkyl halides is 1. The molecule has 0 saturated heterocycles. The van der Waals surface area contributed by atoms with Crippen molar-refractivity contribution in [3.8, 4) is 5.75 Å². The van der Waals surface area contributed by atoms with Gasteiger partial charge in [-0.1, -0.05) is 49.5 Å². The summed E-state index contributed by atoms with van der Waals surface area (Å²) < 4.78 is 7.75. The van der Waals surface area contributed by atoms with E-state index in [1.807, 2.05) is 19.1 Å². The van der Waals surface area contributed by atoms with Gasteiger partial charge in [-0.15, -0.1) is 0 Å². The third kappa shape index (κ3) is 3.59. The molecule has 2 aromatic carbocycles. The molecule has 0 bridgehead atoms. The van der Waals surface area contributed by atoms with Crippen LogP contribution in [-0.2, 0) is 0 Å². The second kappa shape index (κ2) is 7.20. The van der Waals surface area contributed by atoms with Gasteiger partial charge in [0.2, 0.25) is 0 Å². The molecule has 0 saturated carbocycles. The van der Waals surface area contributed by atoms with Crippen LogP contribution in [0.1, 0.15) is 27.1 Å². The Balaban J connectivity index is 2.62. The van der Waals surface area contributed by atoms with E-state index < -0.39 is 0 Å². The predicted molar refractivity (Wildman–Crippen MR) is 105 cm³/mol. The number of hydrogen-bond donors (Lipinski definition) is 0. The molecular formula is C16H14Br2ClIO. The van der Waals surface area contributed by atoms with Crippen LogP contribution in [0.15, 0.2) is 28.7 Å². The SMILES string of the molecule is COc1c(C)cc(Br)c(C)c1C(Br)c1ccc(I)c(Cl)c1. The molecule has 0 aliphatic heterocycles. The van der Waals surface area contributed by atoms with Gasteiger partial charge in [0.25, 0.3) is 0 Å². The van der Waals surface area contributed by atoms with E-state index in [2.05, 4.69) is 73.5 Å². The van der Waals surface area contributed by atoms with Gasteiger partial charge < -0.3 is 4.74 Å². The number of hydrogen-bond acceptors (Lipinski definition) is 1. The van der Waals surface area contributed by atoms with Crippen molar-refractivity contribution < 1.29 is 4.74 Å². The first-order chi connectivity index (χ1) is 9.86. The van der Waals surface area contributed by atoms with Crippen LogP contribution in [0.25, 0.3) is 0 Å². The Bertz CT molecular complexity index is 688. The van der Waals surface area contributed by atoms with Gasteiger partial charge in [0.05, 0.1) is 17.0 Å². The lowest BCUT2D eigenvalue weighted by Crippen LogP contribution is -2.03. The Morgan fingerprint density at radius 3 is 2.48 bits per heavy atom. The predicted octanol–water partition coefficient (Wildman–Crippen LogP) is 6.82. The van der Waals surface area contributed by atoms with Crippen molar-refractivity contribution >= 4 is 66.1 Å². The zero-order valence-electron chi connectivity index (χ0n) is 11.8. The van der Waals surface area contributed by atoms with E-state index in [1.54, 1.807) is 7.11 Å². The van der Waals surface area contributed by atoms with Crippen molar-refractivity contribution in [2.24, 2.45) is 0 Å². The topological polar surface area (TPSA) is 9.23 Å². The van der Waals surface area contributed by atoms with E-state index in [9.17, 15) is 0 Å². The fourth-order valence-corrected chi connectivity index (χ4v) is 4.21. The first-order valence-corrected chi connectivity index (χ1v) is 9.46. The summed E-state index contributed by atoms with van der Waals surface area (Å²) in [4.78, 5) is 0.0261. The number of rotatable bonds is 3. The molecule has 0 aliphatic rings. The van der Waals surface area contributed by atoms with Gasteiger partial charge in [0.1, 0.15) is 5.75 Å². The summed E-state index contributed by atoms with van der Waals surface area (Å²) in [5.41, 5.74) is 4.50. The van der Waals surface area contributed by atoms with Crippen molar-refractivity contribution in [3.63, 3.8) is 0 Å². The van der Waals surface area contributed by atoms with Crippen LogP contribution in [0.4, 0.5) is 0 Å². The number of benzene rings is 2. The van der Waals surface area contributed by atoms with Gasteiger partial charge in [0, 0.05) is 13.6 Å². The molecule has 0 fully saturated rings. The molecule has 1 atom stereocenters. The van der Waals surface area contributed by atoms with E-state index >= 15 is 0 Å². The van der Waals surface area contributed by atoms with E-state index in [1.165, 1.54) is 0 Å². The molecule has 0 amide bonds. The fourth-order valence-electron chi connectivity index (χ4n) is 2.29. The number of aryl methyl sites for hydroxylation is 1. The summed E-state index contributed by atoms with van der Waals surface area (Å²) in [5.74, 6) is 0.909. The van der Waals surface area contributed by atoms with Crippen LogP contribution in [0.3, 0.4) is 0 Å². The highest BCUT2D eigenvalue weighted by molar-refractivity contribution is 14.1. The Morgan fingerprint density at radius 2 is 1.90 bits per heavy atom. The number of halogens is 4. The molecular weight excluding hydrogens is 530 g/mol. The van der Waals surface area contributed by atoms with Crippen LogP contribution < -0.4 is 4.74 Å². The summed E-state index contributed by atoms with van der Waals surface area (Å²) in [6.07, 6.45) is 0. The molecule has 0 heterocycles. The maximum absolute atomic E-state index is 6.25. The van der Waals surface area contributed by atoms with Gasteiger partial charge >= 0.3 is 0 Å². The molecule has 1 nitrogen and oxygen atoms in total. The molecule has 2 rings (SSSR count). The minimum absolute atomic E-state index is 0.0261. The first-order valence-electron chi connectivity index (χ1n) is 6.29. The Labute approximate surface area is 160 Å². The van der Waals surface area contributed by atoms with Crippen LogP contribution in [0.2, 0.25) is 5.02 Å². The van der Waals surface area contributed by atoms with Crippen LogP contribution >= 0.6 is 66.1 Å². The van der Waals surface area contributed by atoms with E-state index in [-0.39, 0.29) is 4.83 Å². The quantitative estimate of drug-likeness (QED) is 0.305. The second-order valence-electron chi connectivity index (χ2n) is 4.78. The molecule has 1 unspecified atom stereocenters. The molecule has 21 heavy (non-hydrogen) atoms. The summed E-state index contributed by atoms with van der Waals surface area (Å²) >= 11 is 15.9. The normalized spacial score (nSPS) is 12.3. The first kappa shape index (κ1) is 17.6. The molecule has 0 aromatic heterocycles. The van der Waals surface area contributed by atoms with Gasteiger partial charge in [-0.05, 0) is 71.3 Å². The van der Waals surface area contributed by atoms with E-state index in [0.717, 1.165) is 41.1 Å². The fraction of sp³-hybridized carbons (Fsp3) is 0.250. The van der Waals surface area contributed by atoms with Crippen LogP contribution in [0, 0.1) is 17.4 Å². The Morgan fingerprint density at radius 1 is 1.24 bits per heavy atom. The van der Waals surface area contributed by atoms with Crippen molar-refractivity contribution in [1.82, 2.24) is 0 Å². The van der Waals surface area contributed by atoms with E-state index in [0.29, 0.717) is 0 Å². The third-order valence-corrected chi connectivity index (χ3v) is 6.78. The molecule has 112 valence electrons. The van der Waals surface area contributed by atoms with Gasteiger partial charge in [0.15, 0.2) is 0 Å². The molecule has 2 aromatic rings. The Kier molecular flexibility index (Phi) is 6.02. The van der Waals surface area contributed by atoms with Crippen LogP contribution in [-0.4, -0.2) is 7.11 Å². The number of methoxy groups -OCH3 is 1. The average molecular weight is 544 g/mol. The van der Waals surface area contributed by atoms with Crippen molar-refractivity contribution in [1.29, 1.82) is 0 Å². The smallest absolute Gasteiger partial charge is 0.126 e. The summed E-state index contributed by atoms with van der Waals surface area (Å²) in [5, 5.41) is 0.765. The summed E-state index contributed by atoms with van der Waals surface area (Å²) in [7, 11) is 1.71. The largest absolute Gasteiger partial charge is 0.496 e. The van der Waals surface area contributed by atoms with Gasteiger partial charge in [-0.2, -0.15) is 0 Å². The maximum atomic E-state index is 6.25. The van der Waals surface area contributed by atoms with Crippen molar-refractivity contribution in [2.75, 3.05) is 7.11 Å². The van der Waals surface area contributed by atoms with Gasteiger partial charge in [-0.3, -0.25) is 0 Å². The minimum Gasteiger partial charge on any atom is -0.496 e. The summed E-state index contributed by atoms with van der Waals surface area (Å²) in [6.45, 7) is 4.14. The highest BCUT2D eigenvalue weighted by Crippen LogP contribution is 2.43. The highest BCUT2D eigenvalue weighted by Gasteiger charge is 2.21. The molecule has 0 aliphatic carbocycles.